The molecule has 2 saturated heterocycles. The summed E-state index contributed by atoms with van der Waals surface area (Å²) in [4.78, 5) is 55.5. The van der Waals surface area contributed by atoms with Crippen LogP contribution in [0.15, 0.2) is 70.7 Å². The number of nitrogens with one attached hydrogen (secondary N) is 1. The summed E-state index contributed by atoms with van der Waals surface area (Å²) in [7, 11) is 0. The van der Waals surface area contributed by atoms with Crippen LogP contribution < -0.4 is 25.5 Å². The molecule has 6 aliphatic heterocycles. The van der Waals surface area contributed by atoms with Crippen LogP contribution in [0.2, 0.25) is 0 Å². The van der Waals surface area contributed by atoms with Crippen molar-refractivity contribution >= 4 is 34.1 Å². The standard InChI is InChI=1S/C52H65N5O11/c1-27(2)25-56-22-19-52(20-23-56)54-38-35-36-41(58)31(6)46-37(35)47(60)51(11,68-46)64-24-14-17-28(3)43(65-49(62)34-18-13-21-57(63)26-34)32(7)45-33(8)44(66-50(9,10)67-45)29(4)15-12-16-30(5)48(61)53-40(42(36)59)39(38)55-52/h12-16,18,21,24,26-29,32-33,43-45,58-59H,17,19-20,22-23,25H2,1-11H3,(H,53,61)/b15-12+,24-14+,30-16-/t28-,29?,32+,33-,43-,44+,45+,51+/m1/s1. The van der Waals surface area contributed by atoms with Gasteiger partial charge in [-0.25, -0.2) is 4.79 Å². The minimum absolute atomic E-state index is 0.0204. The number of ketones is 1. The van der Waals surface area contributed by atoms with E-state index in [-0.39, 0.29) is 79.2 Å². The van der Waals surface area contributed by atoms with Gasteiger partial charge in [0.1, 0.15) is 34.2 Å². The number of phenols is 2. The Morgan fingerprint density at radius 1 is 1.00 bits per heavy atom. The number of fused-ring (bicyclic) bond motifs is 9. The molecule has 1 aromatic heterocycles. The highest BCUT2D eigenvalue weighted by atomic mass is 16.7. The molecule has 7 heterocycles. The highest BCUT2D eigenvalue weighted by Crippen LogP contribution is 2.50. The van der Waals surface area contributed by atoms with Gasteiger partial charge < -0.3 is 49.3 Å². The van der Waals surface area contributed by atoms with Gasteiger partial charge in [0, 0.05) is 79.7 Å². The number of likely N-dealkylation sites (tertiary alicyclic amines) is 1. The Morgan fingerprint density at radius 2 is 1.69 bits per heavy atom. The van der Waals surface area contributed by atoms with E-state index in [4.69, 9.17) is 33.7 Å². The Labute approximate surface area is 396 Å². The number of amides is 1. The number of piperidine rings is 1. The number of benzene rings is 2. The average molecular weight is 936 g/mol. The predicted molar refractivity (Wildman–Crippen MR) is 252 cm³/mol. The Bertz CT molecular complexity index is 2760. The lowest BCUT2D eigenvalue weighted by molar-refractivity contribution is -0.605. The van der Waals surface area contributed by atoms with Gasteiger partial charge in [0.2, 0.25) is 0 Å². The molecule has 1 spiro atoms. The first-order chi connectivity index (χ1) is 32.0. The van der Waals surface area contributed by atoms with Gasteiger partial charge >= 0.3 is 11.8 Å². The highest BCUT2D eigenvalue weighted by Gasteiger charge is 2.51. The lowest BCUT2D eigenvalue weighted by Crippen LogP contribution is -2.56. The lowest BCUT2D eigenvalue weighted by atomic mass is 9.77. The Hall–Kier alpha value is -5.84. The first-order valence-electron chi connectivity index (χ1n) is 23.8. The highest BCUT2D eigenvalue weighted by molar-refractivity contribution is 6.19. The molecule has 16 nitrogen and oxygen atoms in total. The summed E-state index contributed by atoms with van der Waals surface area (Å²) >= 11 is 0. The number of aromatic nitrogens is 1. The quantitative estimate of drug-likeness (QED) is 0.106. The summed E-state index contributed by atoms with van der Waals surface area (Å²) < 4.78 is 32.6. The monoisotopic (exact) mass is 935 g/mol. The van der Waals surface area contributed by atoms with Crippen LogP contribution in [0.25, 0.3) is 10.8 Å². The lowest BCUT2D eigenvalue weighted by Gasteiger charge is -2.49. The number of nitrogens with zero attached hydrogens (tertiary/aromatic N) is 4. The molecule has 2 aromatic carbocycles. The maximum absolute atomic E-state index is 14.8. The van der Waals surface area contributed by atoms with Crippen LogP contribution in [0.5, 0.6) is 17.2 Å². The van der Waals surface area contributed by atoms with Crippen molar-refractivity contribution in [3.8, 4) is 17.2 Å². The molecular weight excluding hydrogens is 871 g/mol. The van der Waals surface area contributed by atoms with Crippen LogP contribution in [0.1, 0.15) is 115 Å². The van der Waals surface area contributed by atoms with Crippen molar-refractivity contribution in [2.75, 3.05) is 25.0 Å². The molecule has 0 aliphatic carbocycles. The zero-order valence-corrected chi connectivity index (χ0v) is 40.9. The van der Waals surface area contributed by atoms with Crippen molar-refractivity contribution in [2.24, 2.45) is 39.6 Å². The van der Waals surface area contributed by atoms with Gasteiger partial charge in [0.25, 0.3) is 11.7 Å². The third-order valence-corrected chi connectivity index (χ3v) is 14.2. The summed E-state index contributed by atoms with van der Waals surface area (Å²) in [5, 5.41) is 39.8. The number of esters is 1. The minimum atomic E-state index is -1.91. The molecule has 3 aromatic rings. The molecular formula is C52H65N5O11. The van der Waals surface area contributed by atoms with E-state index >= 15 is 0 Å². The number of anilines is 1. The van der Waals surface area contributed by atoms with Crippen molar-refractivity contribution in [1.82, 2.24) is 4.90 Å². The van der Waals surface area contributed by atoms with Crippen LogP contribution in [0.3, 0.4) is 0 Å². The number of allylic oxidation sites excluding steroid dienone is 3. The second-order valence-corrected chi connectivity index (χ2v) is 20.5. The second kappa shape index (κ2) is 18.2. The molecule has 0 radical (unpaired) electrons. The van der Waals surface area contributed by atoms with Crippen molar-refractivity contribution in [3.05, 3.63) is 93.3 Å². The van der Waals surface area contributed by atoms with Crippen LogP contribution in [-0.4, -0.2) is 88.0 Å². The van der Waals surface area contributed by atoms with E-state index in [1.807, 2.05) is 47.6 Å². The number of hydrogen-bond donors (Lipinski definition) is 3. The number of pyridine rings is 1. The molecule has 16 heteroatoms. The van der Waals surface area contributed by atoms with Gasteiger partial charge in [0.05, 0.1) is 34.8 Å². The first kappa shape index (κ1) is 48.6. The molecule has 6 aliphatic rings. The predicted octanol–water partition coefficient (Wildman–Crippen LogP) is 6.85. The summed E-state index contributed by atoms with van der Waals surface area (Å²) in [6, 6.07) is 3.00. The summed E-state index contributed by atoms with van der Waals surface area (Å²) in [6.45, 7) is 23.1. The van der Waals surface area contributed by atoms with Crippen molar-refractivity contribution in [3.63, 3.8) is 0 Å². The average Bonchev–Trinajstić information content (AvgIpc) is 3.78. The van der Waals surface area contributed by atoms with E-state index in [1.54, 1.807) is 32.1 Å². The smallest absolute Gasteiger partial charge is 0.344 e. The Balaban J connectivity index is 1.24. The fourth-order valence-corrected chi connectivity index (χ4v) is 10.6. The number of hydrogen-bond acceptors (Lipinski definition) is 14. The van der Waals surface area contributed by atoms with E-state index in [2.05, 4.69) is 24.1 Å². The van der Waals surface area contributed by atoms with Crippen LogP contribution in [0.4, 0.5) is 5.69 Å². The van der Waals surface area contributed by atoms with E-state index in [9.17, 15) is 29.8 Å². The van der Waals surface area contributed by atoms with Crippen LogP contribution >= 0.6 is 0 Å². The number of ether oxygens (including phenoxy) is 5. The van der Waals surface area contributed by atoms with E-state index in [1.165, 1.54) is 37.7 Å². The van der Waals surface area contributed by atoms with Gasteiger partial charge in [0.15, 0.2) is 29.6 Å². The maximum atomic E-state index is 14.8. The zero-order valence-electron chi connectivity index (χ0n) is 40.9. The van der Waals surface area contributed by atoms with E-state index in [0.717, 1.165) is 6.54 Å². The number of carbonyl (C=O) groups is 3. The van der Waals surface area contributed by atoms with Gasteiger partial charge in [-0.1, -0.05) is 59.8 Å². The Morgan fingerprint density at radius 3 is 2.38 bits per heavy atom. The topological polar surface area (TPSA) is 205 Å². The fraction of sp³-hybridized carbons (Fsp3) is 0.538. The van der Waals surface area contributed by atoms with Crippen LogP contribution in [0, 0.1) is 41.7 Å². The molecule has 364 valence electrons. The molecule has 9 rings (SSSR count). The molecule has 8 atom stereocenters. The SMILES string of the molecule is C/C1=C/C=C/C(C)[C@@H]2OC(C)(C)O[C@@H]([C@@H](C)[C@H](OC(=O)c3ccc[n+]([O-])c3)[C@H](C)C/C=C/O[C@@]3(C)Oc4c(C)c(O)c5c(O)c(c6c(c5c4C3=O)=NC3(CCN(CC(C)C)CC3)N=6)NC1=O)[C@@H]2C. The Kier molecular flexibility index (Phi) is 13.0. The van der Waals surface area contributed by atoms with Gasteiger partial charge in [-0.3, -0.25) is 19.6 Å². The molecule has 2 fully saturated rings. The summed E-state index contributed by atoms with van der Waals surface area (Å²) in [5.41, 5.74) is -0.313. The van der Waals surface area contributed by atoms with Crippen molar-refractivity contribution < 1.29 is 53.0 Å². The van der Waals surface area contributed by atoms with E-state index in [0.29, 0.717) is 48.6 Å². The minimum Gasteiger partial charge on any atom is -0.619 e. The molecule has 7 bridgehead atoms. The van der Waals surface area contributed by atoms with Crippen molar-refractivity contribution in [2.45, 2.75) is 131 Å². The second-order valence-electron chi connectivity index (χ2n) is 20.5. The zero-order chi connectivity index (χ0) is 49.2. The summed E-state index contributed by atoms with van der Waals surface area (Å²) in [5.74, 6) is -6.10. The fourth-order valence-electron chi connectivity index (χ4n) is 10.6. The molecule has 3 N–H and O–H groups in total. The van der Waals surface area contributed by atoms with Crippen LogP contribution in [-0.2, 0) is 23.7 Å². The number of rotatable bonds is 4. The molecule has 68 heavy (non-hydrogen) atoms. The number of carbonyl (C=O) groups excluding carboxylic acids is 3. The van der Waals surface area contributed by atoms with Gasteiger partial charge in [-0.15, -0.1) is 0 Å². The maximum Gasteiger partial charge on any atom is 0.344 e. The van der Waals surface area contributed by atoms with Crippen molar-refractivity contribution in [1.29, 1.82) is 0 Å². The van der Waals surface area contributed by atoms with Gasteiger partial charge in [-0.05, 0) is 58.1 Å². The normalized spacial score (nSPS) is 30.9. The molecule has 1 unspecified atom stereocenters. The molecule has 0 saturated carbocycles. The van der Waals surface area contributed by atoms with E-state index < -0.39 is 58.8 Å². The number of phenolic OH excluding ortho intramolecular Hbond substituents is 2. The number of Topliss-reactive ketones (excluding diaryl/α,β-unsaturated/α-hetero) is 1. The third kappa shape index (κ3) is 8.98. The number of aromatic hydroxyl groups is 2. The third-order valence-electron chi connectivity index (χ3n) is 14.2. The largest absolute Gasteiger partial charge is 0.619 e. The summed E-state index contributed by atoms with van der Waals surface area (Å²) in [6.07, 6.45) is 10.9. The first-order valence-corrected chi connectivity index (χ1v) is 23.8. The molecule has 1 amide bonds. The van der Waals surface area contributed by atoms with Gasteiger partial charge in [-0.2, -0.15) is 4.73 Å².